The highest BCUT2D eigenvalue weighted by Gasteiger charge is 2.01. The quantitative estimate of drug-likeness (QED) is 0.720. The highest BCUT2D eigenvalue weighted by molar-refractivity contribution is 5.38. The first-order valence-corrected chi connectivity index (χ1v) is 7.20. The van der Waals surface area contributed by atoms with Crippen molar-refractivity contribution in [3.05, 3.63) is 42.5 Å². The number of hydrogen-bond donors (Lipinski definition) is 1. The number of aromatic nitrogens is 2. The molecule has 1 heterocycles. The van der Waals surface area contributed by atoms with Crippen molar-refractivity contribution < 1.29 is 9.47 Å². The molecule has 0 saturated heterocycles. The fourth-order valence-corrected chi connectivity index (χ4v) is 2.16. The Morgan fingerprint density at radius 3 is 2.48 bits per heavy atom. The van der Waals surface area contributed by atoms with Crippen LogP contribution in [0.2, 0.25) is 0 Å². The van der Waals surface area contributed by atoms with Crippen molar-refractivity contribution in [3.63, 3.8) is 0 Å². The van der Waals surface area contributed by atoms with Crippen LogP contribution in [0.4, 0.5) is 0 Å². The molecule has 0 aliphatic carbocycles. The van der Waals surface area contributed by atoms with Gasteiger partial charge in [-0.3, -0.25) is 0 Å². The Bertz CT molecular complexity index is 504. The molecule has 21 heavy (non-hydrogen) atoms. The first-order valence-electron chi connectivity index (χ1n) is 7.20. The maximum Gasteiger partial charge on any atom is 0.122 e. The number of nitrogens with one attached hydrogen (secondary N) is 1. The summed E-state index contributed by atoms with van der Waals surface area (Å²) in [6.45, 7) is 2.83. The van der Waals surface area contributed by atoms with Crippen LogP contribution in [-0.2, 0) is 13.1 Å². The summed E-state index contributed by atoms with van der Waals surface area (Å²) in [6, 6.07) is 5.94. The zero-order valence-electron chi connectivity index (χ0n) is 12.7. The monoisotopic (exact) mass is 289 g/mol. The molecule has 2 rings (SSSR count). The lowest BCUT2D eigenvalue weighted by molar-refractivity contribution is 0.393. The van der Waals surface area contributed by atoms with E-state index in [-0.39, 0.29) is 0 Å². The zero-order chi connectivity index (χ0) is 14.9. The van der Waals surface area contributed by atoms with Crippen molar-refractivity contribution >= 4 is 0 Å². The molecule has 2 aromatic rings. The molecule has 0 spiro atoms. The minimum absolute atomic E-state index is 0.818. The molecule has 0 saturated carbocycles. The number of aryl methyl sites for hydroxylation is 1. The van der Waals surface area contributed by atoms with Gasteiger partial charge in [-0.2, -0.15) is 0 Å². The number of unbranched alkanes of at least 4 members (excludes halogenated alkanes) is 1. The summed E-state index contributed by atoms with van der Waals surface area (Å²) in [6.07, 6.45) is 7.95. The van der Waals surface area contributed by atoms with Crippen molar-refractivity contribution in [2.75, 3.05) is 20.8 Å². The molecule has 0 aliphatic heterocycles. The molecule has 0 amide bonds. The van der Waals surface area contributed by atoms with E-state index in [1.54, 1.807) is 14.2 Å². The van der Waals surface area contributed by atoms with Crippen LogP contribution < -0.4 is 14.8 Å². The van der Waals surface area contributed by atoms with E-state index >= 15 is 0 Å². The van der Waals surface area contributed by atoms with E-state index in [2.05, 4.69) is 14.9 Å². The van der Waals surface area contributed by atoms with Gasteiger partial charge in [0.25, 0.3) is 0 Å². The van der Waals surface area contributed by atoms with E-state index in [9.17, 15) is 0 Å². The molecule has 1 aromatic carbocycles. The maximum atomic E-state index is 5.27. The molecule has 0 atom stereocenters. The summed E-state index contributed by atoms with van der Waals surface area (Å²) in [4.78, 5) is 4.03. The van der Waals surface area contributed by atoms with E-state index in [0.29, 0.717) is 0 Å². The third kappa shape index (κ3) is 5.11. The van der Waals surface area contributed by atoms with E-state index in [1.807, 2.05) is 36.9 Å². The third-order valence-corrected chi connectivity index (χ3v) is 3.32. The van der Waals surface area contributed by atoms with Crippen LogP contribution in [0.5, 0.6) is 11.5 Å². The molecule has 5 nitrogen and oxygen atoms in total. The maximum absolute atomic E-state index is 5.27. The van der Waals surface area contributed by atoms with Gasteiger partial charge in [-0.15, -0.1) is 0 Å². The van der Waals surface area contributed by atoms with Gasteiger partial charge in [-0.05, 0) is 37.1 Å². The number of imidazole rings is 1. The van der Waals surface area contributed by atoms with Gasteiger partial charge in [0.15, 0.2) is 0 Å². The second-order valence-corrected chi connectivity index (χ2v) is 4.91. The van der Waals surface area contributed by atoms with Gasteiger partial charge in [-0.25, -0.2) is 4.98 Å². The first-order chi connectivity index (χ1) is 10.3. The molecule has 114 valence electrons. The van der Waals surface area contributed by atoms with Crippen molar-refractivity contribution in [2.24, 2.45) is 0 Å². The zero-order valence-corrected chi connectivity index (χ0v) is 12.7. The lowest BCUT2D eigenvalue weighted by Crippen LogP contribution is -2.15. The predicted molar refractivity (Wildman–Crippen MR) is 82.7 cm³/mol. The van der Waals surface area contributed by atoms with Crippen LogP contribution in [0.25, 0.3) is 0 Å². The lowest BCUT2D eigenvalue weighted by Gasteiger charge is -2.09. The molecule has 1 aromatic heterocycles. The molecule has 0 bridgehead atoms. The van der Waals surface area contributed by atoms with E-state index in [0.717, 1.165) is 44.0 Å². The van der Waals surface area contributed by atoms with Crippen LogP contribution in [0.1, 0.15) is 18.4 Å². The fourth-order valence-electron chi connectivity index (χ4n) is 2.16. The predicted octanol–water partition coefficient (Wildman–Crippen LogP) is 2.47. The number of nitrogens with zero attached hydrogens (tertiary/aromatic N) is 2. The number of ether oxygens (including phenoxy) is 2. The van der Waals surface area contributed by atoms with Gasteiger partial charge >= 0.3 is 0 Å². The molecular weight excluding hydrogens is 266 g/mol. The first kappa shape index (κ1) is 15.4. The average molecular weight is 289 g/mol. The Hall–Kier alpha value is -2.01. The van der Waals surface area contributed by atoms with Crippen molar-refractivity contribution in [1.29, 1.82) is 0 Å². The Morgan fingerprint density at radius 2 is 1.86 bits per heavy atom. The molecule has 5 heteroatoms. The Balaban J connectivity index is 1.68. The molecule has 1 N–H and O–H groups in total. The number of benzene rings is 1. The number of methoxy groups -OCH3 is 2. The van der Waals surface area contributed by atoms with Crippen molar-refractivity contribution in [3.8, 4) is 11.5 Å². The lowest BCUT2D eigenvalue weighted by atomic mass is 10.2. The van der Waals surface area contributed by atoms with Crippen LogP contribution in [0, 0.1) is 0 Å². The second-order valence-electron chi connectivity index (χ2n) is 4.91. The second kappa shape index (κ2) is 8.32. The van der Waals surface area contributed by atoms with Gasteiger partial charge in [-0.1, -0.05) is 0 Å². The Labute approximate surface area is 125 Å². The molecule has 0 fully saturated rings. The van der Waals surface area contributed by atoms with E-state index in [4.69, 9.17) is 9.47 Å². The van der Waals surface area contributed by atoms with Crippen LogP contribution in [0.15, 0.2) is 36.9 Å². The van der Waals surface area contributed by atoms with Gasteiger partial charge in [0.1, 0.15) is 11.5 Å². The standard InChI is InChI=1S/C16H23N3O2/c1-20-15-9-14(10-16(11-15)21-2)12-17-5-3-4-7-19-8-6-18-13-19/h6,8-11,13,17H,3-5,7,12H2,1-2H3. The smallest absolute Gasteiger partial charge is 0.122 e. The van der Waals surface area contributed by atoms with Crippen LogP contribution in [-0.4, -0.2) is 30.3 Å². The normalized spacial score (nSPS) is 10.6. The number of rotatable bonds is 9. The van der Waals surface area contributed by atoms with Gasteiger partial charge in [0.2, 0.25) is 0 Å². The minimum Gasteiger partial charge on any atom is -0.497 e. The molecule has 0 unspecified atom stereocenters. The molecular formula is C16H23N3O2. The van der Waals surface area contributed by atoms with E-state index in [1.165, 1.54) is 5.56 Å². The van der Waals surface area contributed by atoms with Gasteiger partial charge < -0.3 is 19.4 Å². The summed E-state index contributed by atoms with van der Waals surface area (Å²) in [5, 5.41) is 3.45. The topological polar surface area (TPSA) is 48.3 Å². The summed E-state index contributed by atoms with van der Waals surface area (Å²) < 4.78 is 12.6. The summed E-state index contributed by atoms with van der Waals surface area (Å²) in [5.41, 5.74) is 1.17. The largest absolute Gasteiger partial charge is 0.497 e. The van der Waals surface area contributed by atoms with Crippen LogP contribution >= 0.6 is 0 Å². The Morgan fingerprint density at radius 1 is 1.10 bits per heavy atom. The summed E-state index contributed by atoms with van der Waals surface area (Å²) >= 11 is 0. The summed E-state index contributed by atoms with van der Waals surface area (Å²) in [7, 11) is 3.34. The van der Waals surface area contributed by atoms with Gasteiger partial charge in [0, 0.05) is 31.5 Å². The van der Waals surface area contributed by atoms with E-state index < -0.39 is 0 Å². The SMILES string of the molecule is COc1cc(CNCCCCn2ccnc2)cc(OC)c1. The molecule has 0 radical (unpaired) electrons. The number of hydrogen-bond acceptors (Lipinski definition) is 4. The summed E-state index contributed by atoms with van der Waals surface area (Å²) in [5.74, 6) is 1.65. The van der Waals surface area contributed by atoms with Crippen molar-refractivity contribution in [1.82, 2.24) is 14.9 Å². The van der Waals surface area contributed by atoms with Crippen molar-refractivity contribution in [2.45, 2.75) is 25.9 Å². The highest BCUT2D eigenvalue weighted by Crippen LogP contribution is 2.22. The fraction of sp³-hybridized carbons (Fsp3) is 0.438. The molecule has 0 aliphatic rings. The third-order valence-electron chi connectivity index (χ3n) is 3.32. The van der Waals surface area contributed by atoms with Crippen LogP contribution in [0.3, 0.4) is 0 Å². The average Bonchev–Trinajstić information content (AvgIpc) is 3.03. The Kier molecular flexibility index (Phi) is 6.09. The minimum atomic E-state index is 0.818. The van der Waals surface area contributed by atoms with Gasteiger partial charge in [0.05, 0.1) is 20.5 Å². The highest BCUT2D eigenvalue weighted by atomic mass is 16.5.